The number of hydrogen-bond donors (Lipinski definition) is 3. The van der Waals surface area contributed by atoms with Crippen LogP contribution in [0.3, 0.4) is 0 Å². The zero-order valence-electron chi connectivity index (χ0n) is 21.9. The number of aliphatic hydroxyl groups is 1. The number of unbranched alkanes of at least 4 members (excludes halogenated alkanes) is 11. The number of aliphatic hydroxyl groups excluding tert-OH is 1. The Bertz CT molecular complexity index is 751. The van der Waals surface area contributed by atoms with E-state index in [0.29, 0.717) is 13.0 Å². The molecule has 2 unspecified atom stereocenters. The summed E-state index contributed by atoms with van der Waals surface area (Å²) in [6.07, 6.45) is 16.0. The predicted molar refractivity (Wildman–Crippen MR) is 141 cm³/mol. The lowest BCUT2D eigenvalue weighted by Gasteiger charge is -2.22. The molecule has 0 aliphatic rings. The standard InChI is InChI=1S/C25H46N3O7P/c1-2-3-4-5-6-7-8-9-10-11-12-13-17-33-22(15-18-35-36(31)32)21-34-23(20-29)19-28-16-14-24(26)27-25(28)30/h14,16,22-23,29H,2-13,15,17-21H2,1H3,(H2-,26,27,30,31,32)/p+1/t22?,23-/m0/s1. The summed E-state index contributed by atoms with van der Waals surface area (Å²) >= 11 is 0. The second-order valence-corrected chi connectivity index (χ2v) is 9.90. The van der Waals surface area contributed by atoms with Gasteiger partial charge in [0, 0.05) is 23.8 Å². The van der Waals surface area contributed by atoms with Crippen molar-refractivity contribution in [2.24, 2.45) is 0 Å². The number of ether oxygens (including phenoxy) is 2. The van der Waals surface area contributed by atoms with Crippen molar-refractivity contribution in [1.82, 2.24) is 9.55 Å². The van der Waals surface area contributed by atoms with Crippen molar-refractivity contribution in [2.45, 2.75) is 109 Å². The van der Waals surface area contributed by atoms with Gasteiger partial charge in [0.15, 0.2) is 0 Å². The molecule has 0 spiro atoms. The van der Waals surface area contributed by atoms with Crippen molar-refractivity contribution in [3.8, 4) is 0 Å². The second kappa shape index (κ2) is 21.6. The van der Waals surface area contributed by atoms with E-state index in [1.165, 1.54) is 81.0 Å². The average Bonchev–Trinajstić information content (AvgIpc) is 2.85. The van der Waals surface area contributed by atoms with Crippen molar-refractivity contribution in [2.75, 3.05) is 32.2 Å². The predicted octanol–water partition coefficient (Wildman–Crippen LogP) is 4.35. The maximum Gasteiger partial charge on any atom is 0.694 e. The molecule has 36 heavy (non-hydrogen) atoms. The Morgan fingerprint density at radius 3 is 2.14 bits per heavy atom. The largest absolute Gasteiger partial charge is 0.694 e. The molecule has 0 aromatic carbocycles. The SMILES string of the molecule is CCCCCCCCCCCCCCOC(CCO[P+](=O)O)CO[C@H](CO)Cn1ccc(N)nc1=O. The number of aromatic nitrogens is 2. The van der Waals surface area contributed by atoms with Crippen LogP contribution >= 0.6 is 8.25 Å². The van der Waals surface area contributed by atoms with E-state index in [9.17, 15) is 14.5 Å². The smallest absolute Gasteiger partial charge is 0.394 e. The molecule has 1 aromatic heterocycles. The normalized spacial score (nSPS) is 13.6. The molecule has 0 aliphatic heterocycles. The third-order valence-electron chi connectivity index (χ3n) is 6.01. The molecule has 1 aromatic rings. The summed E-state index contributed by atoms with van der Waals surface area (Å²) in [4.78, 5) is 24.5. The molecule has 0 aliphatic carbocycles. The highest BCUT2D eigenvalue weighted by atomic mass is 31.1. The molecule has 0 fully saturated rings. The van der Waals surface area contributed by atoms with Crippen LogP contribution < -0.4 is 11.4 Å². The summed E-state index contributed by atoms with van der Waals surface area (Å²) in [5.74, 6) is 0.131. The Morgan fingerprint density at radius 1 is 0.972 bits per heavy atom. The summed E-state index contributed by atoms with van der Waals surface area (Å²) in [7, 11) is -2.67. The van der Waals surface area contributed by atoms with E-state index < -0.39 is 20.0 Å². The van der Waals surface area contributed by atoms with Crippen molar-refractivity contribution >= 4 is 14.1 Å². The van der Waals surface area contributed by atoms with Crippen molar-refractivity contribution in [3.05, 3.63) is 22.7 Å². The minimum Gasteiger partial charge on any atom is -0.394 e. The van der Waals surface area contributed by atoms with Crippen LogP contribution in [-0.2, 0) is 25.1 Å². The summed E-state index contributed by atoms with van der Waals surface area (Å²) in [5, 5.41) is 9.67. The molecule has 1 rings (SSSR count). The van der Waals surface area contributed by atoms with Gasteiger partial charge in [0.25, 0.3) is 0 Å². The molecule has 0 radical (unpaired) electrons. The lowest BCUT2D eigenvalue weighted by molar-refractivity contribution is -0.0688. The van der Waals surface area contributed by atoms with Gasteiger partial charge in [0.1, 0.15) is 12.4 Å². The maximum absolute atomic E-state index is 11.9. The minimum absolute atomic E-state index is 0.0588. The van der Waals surface area contributed by atoms with Crippen molar-refractivity contribution in [1.29, 1.82) is 0 Å². The van der Waals surface area contributed by atoms with E-state index >= 15 is 0 Å². The van der Waals surface area contributed by atoms with Gasteiger partial charge in [-0.1, -0.05) is 77.6 Å². The molecular formula is C25H47N3O7P+. The Balaban J connectivity index is 2.28. The number of nitrogen functional groups attached to an aromatic ring is 1. The van der Waals surface area contributed by atoms with Crippen LogP contribution in [0.15, 0.2) is 17.1 Å². The van der Waals surface area contributed by atoms with E-state index in [2.05, 4.69) is 11.9 Å². The van der Waals surface area contributed by atoms with Gasteiger partial charge in [-0.15, -0.1) is 9.42 Å². The van der Waals surface area contributed by atoms with Gasteiger partial charge < -0.3 is 20.3 Å². The van der Waals surface area contributed by atoms with Gasteiger partial charge in [-0.05, 0) is 12.5 Å². The number of nitrogens with two attached hydrogens (primary N) is 1. The second-order valence-electron chi connectivity index (χ2n) is 9.17. The topological polar surface area (TPSA) is 146 Å². The Hall–Kier alpha value is -1.42. The van der Waals surface area contributed by atoms with Gasteiger partial charge in [0.2, 0.25) is 0 Å². The zero-order chi connectivity index (χ0) is 26.4. The molecule has 10 nitrogen and oxygen atoms in total. The molecule has 0 saturated heterocycles. The van der Waals surface area contributed by atoms with Crippen LogP contribution in [0.4, 0.5) is 5.82 Å². The van der Waals surface area contributed by atoms with Crippen LogP contribution in [0, 0.1) is 0 Å². The highest BCUT2D eigenvalue weighted by Crippen LogP contribution is 2.16. The van der Waals surface area contributed by atoms with Crippen LogP contribution in [0.5, 0.6) is 0 Å². The quantitative estimate of drug-likeness (QED) is 0.131. The highest BCUT2D eigenvalue weighted by molar-refractivity contribution is 7.32. The number of nitrogens with zero attached hydrogens (tertiary/aromatic N) is 2. The first-order valence-corrected chi connectivity index (χ1v) is 14.5. The van der Waals surface area contributed by atoms with E-state index in [1.54, 1.807) is 0 Å². The fourth-order valence-corrected chi connectivity index (χ4v) is 4.14. The molecular weight excluding hydrogens is 485 g/mol. The molecule has 208 valence electrons. The van der Waals surface area contributed by atoms with Crippen LogP contribution in [0.25, 0.3) is 0 Å². The summed E-state index contributed by atoms with van der Waals surface area (Å²) in [6.45, 7) is 2.85. The van der Waals surface area contributed by atoms with Crippen LogP contribution in [0.1, 0.15) is 90.4 Å². The van der Waals surface area contributed by atoms with Crippen LogP contribution in [-0.4, -0.2) is 58.2 Å². The van der Waals surface area contributed by atoms with Gasteiger partial charge in [-0.25, -0.2) is 4.79 Å². The third-order valence-corrected chi connectivity index (χ3v) is 6.41. The zero-order valence-corrected chi connectivity index (χ0v) is 22.8. The number of rotatable bonds is 24. The van der Waals surface area contributed by atoms with E-state index in [4.69, 9.17) is 24.6 Å². The van der Waals surface area contributed by atoms with E-state index in [1.807, 2.05) is 0 Å². The Kier molecular flexibility index (Phi) is 19.6. The monoisotopic (exact) mass is 532 g/mol. The first kappa shape index (κ1) is 32.6. The summed E-state index contributed by atoms with van der Waals surface area (Å²) < 4.78 is 28.6. The van der Waals surface area contributed by atoms with E-state index in [-0.39, 0.29) is 38.3 Å². The summed E-state index contributed by atoms with van der Waals surface area (Å²) in [5.41, 5.74) is 4.99. The molecule has 11 heteroatoms. The fourth-order valence-electron chi connectivity index (χ4n) is 3.88. The lowest BCUT2D eigenvalue weighted by Crippen LogP contribution is -2.34. The summed E-state index contributed by atoms with van der Waals surface area (Å²) in [6, 6.07) is 1.50. The molecule has 0 amide bonds. The highest BCUT2D eigenvalue weighted by Gasteiger charge is 2.18. The van der Waals surface area contributed by atoms with Gasteiger partial charge in [-0.2, -0.15) is 4.98 Å². The molecule has 0 bridgehead atoms. The number of hydrogen-bond acceptors (Lipinski definition) is 8. The van der Waals surface area contributed by atoms with Gasteiger partial charge in [-0.3, -0.25) is 4.57 Å². The molecule has 4 N–H and O–H groups in total. The van der Waals surface area contributed by atoms with Gasteiger partial charge in [0.05, 0.1) is 32.0 Å². The number of anilines is 1. The Morgan fingerprint density at radius 2 is 1.58 bits per heavy atom. The van der Waals surface area contributed by atoms with Crippen LogP contribution in [0.2, 0.25) is 0 Å². The first-order valence-electron chi connectivity index (χ1n) is 13.4. The maximum atomic E-state index is 11.9. The molecule has 1 heterocycles. The van der Waals surface area contributed by atoms with Gasteiger partial charge >= 0.3 is 13.9 Å². The van der Waals surface area contributed by atoms with Crippen molar-refractivity contribution in [3.63, 3.8) is 0 Å². The van der Waals surface area contributed by atoms with E-state index in [0.717, 1.165) is 12.8 Å². The average molecular weight is 533 g/mol. The van der Waals surface area contributed by atoms with Crippen molar-refractivity contribution < 1.29 is 28.6 Å². The third kappa shape index (κ3) is 17.1. The lowest BCUT2D eigenvalue weighted by atomic mass is 10.1. The first-order chi connectivity index (χ1) is 17.5. The molecule has 0 saturated carbocycles. The fraction of sp³-hybridized carbons (Fsp3) is 0.840. The Labute approximate surface area is 216 Å². The molecule has 3 atom stereocenters. The minimum atomic E-state index is -2.67.